The molecule has 0 heterocycles. The van der Waals surface area contributed by atoms with Gasteiger partial charge in [0.05, 0.1) is 0 Å². The highest BCUT2D eigenvalue weighted by Gasteiger charge is 2.03. The van der Waals surface area contributed by atoms with Crippen LogP contribution in [-0.4, -0.2) is 23.5 Å². The van der Waals surface area contributed by atoms with Gasteiger partial charge in [0.2, 0.25) is 5.91 Å². The van der Waals surface area contributed by atoms with E-state index in [0.717, 1.165) is 5.56 Å². The Balaban J connectivity index is 2.17. The number of halogens is 1. The van der Waals surface area contributed by atoms with Crippen LogP contribution in [0, 0.1) is 5.82 Å². The molecule has 0 saturated carbocycles. The Morgan fingerprint density at radius 3 is 2.72 bits per heavy atom. The third-order valence-corrected chi connectivity index (χ3v) is 2.42. The van der Waals surface area contributed by atoms with Gasteiger partial charge in [0.1, 0.15) is 5.82 Å². The number of carbonyl (C=O) groups is 2. The average molecular weight is 253 g/mol. The second-order valence-electron chi connectivity index (χ2n) is 3.98. The van der Waals surface area contributed by atoms with Gasteiger partial charge in [0.25, 0.3) is 0 Å². The van der Waals surface area contributed by atoms with Crippen LogP contribution >= 0.6 is 0 Å². The zero-order chi connectivity index (χ0) is 13.4. The van der Waals surface area contributed by atoms with Crippen molar-refractivity contribution < 1.29 is 19.1 Å². The summed E-state index contributed by atoms with van der Waals surface area (Å²) in [4.78, 5) is 21.5. The highest BCUT2D eigenvalue weighted by Crippen LogP contribution is 2.03. The third-order valence-electron chi connectivity index (χ3n) is 2.42. The second kappa shape index (κ2) is 7.42. The minimum absolute atomic E-state index is 0.00266. The largest absolute Gasteiger partial charge is 0.481 e. The van der Waals surface area contributed by atoms with Crippen LogP contribution in [0.1, 0.15) is 24.8 Å². The van der Waals surface area contributed by atoms with Gasteiger partial charge in [-0.25, -0.2) is 4.39 Å². The number of carboxylic acids is 1. The Morgan fingerprint density at radius 1 is 1.28 bits per heavy atom. The fourth-order valence-corrected chi connectivity index (χ4v) is 1.53. The first kappa shape index (κ1) is 14.2. The van der Waals surface area contributed by atoms with Crippen molar-refractivity contribution in [1.29, 1.82) is 0 Å². The number of rotatable bonds is 7. The van der Waals surface area contributed by atoms with Gasteiger partial charge in [-0.2, -0.15) is 0 Å². The Bertz CT molecular complexity index is 420. The lowest BCUT2D eigenvalue weighted by Crippen LogP contribution is -2.25. The SMILES string of the molecule is O=C(O)CCCC(=O)NCCc1cccc(F)c1. The highest BCUT2D eigenvalue weighted by atomic mass is 19.1. The van der Waals surface area contributed by atoms with E-state index in [4.69, 9.17) is 5.11 Å². The van der Waals surface area contributed by atoms with Crippen molar-refractivity contribution in [3.8, 4) is 0 Å². The van der Waals surface area contributed by atoms with Crippen LogP contribution in [0.4, 0.5) is 4.39 Å². The van der Waals surface area contributed by atoms with Gasteiger partial charge in [-0.1, -0.05) is 12.1 Å². The summed E-state index contributed by atoms with van der Waals surface area (Å²) in [6.07, 6.45) is 1.09. The van der Waals surface area contributed by atoms with Gasteiger partial charge in [0.15, 0.2) is 0 Å². The standard InChI is InChI=1S/C13H16FNO3/c14-11-4-1-3-10(9-11)7-8-15-12(16)5-2-6-13(17)18/h1,3-4,9H,2,5-8H2,(H,15,16)(H,17,18). The molecule has 0 aromatic heterocycles. The van der Waals surface area contributed by atoms with Crippen LogP contribution in [-0.2, 0) is 16.0 Å². The monoisotopic (exact) mass is 253 g/mol. The molecule has 0 saturated heterocycles. The molecule has 0 bridgehead atoms. The van der Waals surface area contributed by atoms with Crippen LogP contribution in [0.15, 0.2) is 24.3 Å². The van der Waals surface area contributed by atoms with Crippen molar-refractivity contribution in [2.75, 3.05) is 6.54 Å². The summed E-state index contributed by atoms with van der Waals surface area (Å²) in [5.74, 6) is -1.37. The summed E-state index contributed by atoms with van der Waals surface area (Å²) in [7, 11) is 0. The highest BCUT2D eigenvalue weighted by molar-refractivity contribution is 5.76. The predicted molar refractivity (Wildman–Crippen MR) is 64.6 cm³/mol. The lowest BCUT2D eigenvalue weighted by Gasteiger charge is -2.05. The van der Waals surface area contributed by atoms with E-state index < -0.39 is 5.97 Å². The molecule has 1 aromatic rings. The van der Waals surface area contributed by atoms with Crippen LogP contribution in [0.25, 0.3) is 0 Å². The summed E-state index contributed by atoms with van der Waals surface area (Å²) >= 11 is 0. The van der Waals surface area contributed by atoms with Gasteiger partial charge in [-0.05, 0) is 30.5 Å². The van der Waals surface area contributed by atoms with E-state index >= 15 is 0 Å². The van der Waals surface area contributed by atoms with Gasteiger partial charge < -0.3 is 10.4 Å². The van der Waals surface area contributed by atoms with E-state index in [9.17, 15) is 14.0 Å². The molecule has 18 heavy (non-hydrogen) atoms. The van der Waals surface area contributed by atoms with Gasteiger partial charge in [-0.3, -0.25) is 9.59 Å². The molecule has 0 aliphatic heterocycles. The lowest BCUT2D eigenvalue weighted by atomic mass is 10.1. The smallest absolute Gasteiger partial charge is 0.303 e. The molecule has 1 aromatic carbocycles. The first-order chi connectivity index (χ1) is 8.58. The maximum atomic E-state index is 12.9. The molecule has 0 spiro atoms. The fourth-order valence-electron chi connectivity index (χ4n) is 1.53. The molecular formula is C13H16FNO3. The number of amides is 1. The first-order valence-corrected chi connectivity index (χ1v) is 5.81. The quantitative estimate of drug-likeness (QED) is 0.777. The Hall–Kier alpha value is -1.91. The fraction of sp³-hybridized carbons (Fsp3) is 0.385. The molecule has 0 radical (unpaired) electrons. The van der Waals surface area contributed by atoms with E-state index in [0.29, 0.717) is 19.4 Å². The van der Waals surface area contributed by atoms with Crippen LogP contribution in [0.3, 0.4) is 0 Å². The number of hydrogen-bond acceptors (Lipinski definition) is 2. The molecule has 98 valence electrons. The molecule has 0 aliphatic carbocycles. The molecule has 5 heteroatoms. The van der Waals surface area contributed by atoms with E-state index in [2.05, 4.69) is 5.32 Å². The first-order valence-electron chi connectivity index (χ1n) is 5.81. The normalized spacial score (nSPS) is 10.1. The van der Waals surface area contributed by atoms with Crippen LogP contribution in [0.2, 0.25) is 0 Å². The Morgan fingerprint density at radius 2 is 2.06 bits per heavy atom. The Labute approximate surface area is 105 Å². The number of carbonyl (C=O) groups excluding carboxylic acids is 1. The summed E-state index contributed by atoms with van der Waals surface area (Å²) in [5, 5.41) is 11.1. The van der Waals surface area contributed by atoms with Crippen molar-refractivity contribution in [2.24, 2.45) is 0 Å². The number of benzene rings is 1. The van der Waals surface area contributed by atoms with E-state index in [-0.39, 0.29) is 24.6 Å². The molecule has 1 amide bonds. The molecule has 1 rings (SSSR count). The number of carboxylic acid groups (broad SMARTS) is 1. The van der Waals surface area contributed by atoms with Crippen molar-refractivity contribution >= 4 is 11.9 Å². The van der Waals surface area contributed by atoms with Crippen molar-refractivity contribution in [2.45, 2.75) is 25.7 Å². The maximum absolute atomic E-state index is 12.9. The zero-order valence-electron chi connectivity index (χ0n) is 9.99. The van der Waals surface area contributed by atoms with Crippen LogP contribution < -0.4 is 5.32 Å². The molecule has 2 N–H and O–H groups in total. The summed E-state index contributed by atoms with van der Waals surface area (Å²) in [6, 6.07) is 6.21. The second-order valence-corrected chi connectivity index (χ2v) is 3.98. The molecule has 0 fully saturated rings. The van der Waals surface area contributed by atoms with Gasteiger partial charge in [-0.15, -0.1) is 0 Å². The topological polar surface area (TPSA) is 66.4 Å². The number of aliphatic carboxylic acids is 1. The minimum Gasteiger partial charge on any atom is -0.481 e. The summed E-state index contributed by atoms with van der Waals surface area (Å²) in [5.41, 5.74) is 0.820. The number of nitrogens with one attached hydrogen (secondary N) is 1. The van der Waals surface area contributed by atoms with E-state index in [1.165, 1.54) is 12.1 Å². The van der Waals surface area contributed by atoms with Crippen molar-refractivity contribution in [1.82, 2.24) is 5.32 Å². The van der Waals surface area contributed by atoms with Crippen molar-refractivity contribution in [3.05, 3.63) is 35.6 Å². The van der Waals surface area contributed by atoms with Crippen LogP contribution in [0.5, 0.6) is 0 Å². The number of hydrogen-bond donors (Lipinski definition) is 2. The average Bonchev–Trinajstić information content (AvgIpc) is 2.28. The predicted octanol–water partition coefficient (Wildman–Crippen LogP) is 1.74. The third kappa shape index (κ3) is 5.98. The van der Waals surface area contributed by atoms with Crippen molar-refractivity contribution in [3.63, 3.8) is 0 Å². The lowest BCUT2D eigenvalue weighted by molar-refractivity contribution is -0.137. The van der Waals surface area contributed by atoms with E-state index in [1.807, 2.05) is 0 Å². The molecule has 0 unspecified atom stereocenters. The molecular weight excluding hydrogens is 237 g/mol. The molecule has 0 atom stereocenters. The van der Waals surface area contributed by atoms with Gasteiger partial charge in [0, 0.05) is 19.4 Å². The summed E-state index contributed by atoms with van der Waals surface area (Å²) < 4.78 is 12.9. The minimum atomic E-state index is -0.900. The maximum Gasteiger partial charge on any atom is 0.303 e. The molecule has 0 aliphatic rings. The van der Waals surface area contributed by atoms with Gasteiger partial charge >= 0.3 is 5.97 Å². The Kier molecular flexibility index (Phi) is 5.84. The zero-order valence-corrected chi connectivity index (χ0v) is 9.99. The molecule has 4 nitrogen and oxygen atoms in total. The summed E-state index contributed by atoms with van der Waals surface area (Å²) in [6.45, 7) is 0.426. The van der Waals surface area contributed by atoms with E-state index in [1.54, 1.807) is 12.1 Å².